The first kappa shape index (κ1) is 17.8. The largest absolute Gasteiger partial charge is 0.270 e. The Labute approximate surface area is 167 Å². The van der Waals surface area contributed by atoms with Crippen LogP contribution in [0.4, 0.5) is 0 Å². The maximum absolute atomic E-state index is 6.30. The predicted molar refractivity (Wildman–Crippen MR) is 110 cm³/mol. The van der Waals surface area contributed by atoms with Crippen molar-refractivity contribution in [3.05, 3.63) is 89.2 Å². The number of aryl methyl sites for hydroxylation is 1. The van der Waals surface area contributed by atoms with Gasteiger partial charge in [0.2, 0.25) is 0 Å². The van der Waals surface area contributed by atoms with E-state index in [9.17, 15) is 0 Å². The van der Waals surface area contributed by atoms with E-state index >= 15 is 0 Å². The monoisotopic (exact) mass is 392 g/mol. The molecule has 134 valence electrons. The van der Waals surface area contributed by atoms with Crippen LogP contribution in [0.25, 0.3) is 17.1 Å². The molecule has 4 nitrogen and oxygen atoms in total. The summed E-state index contributed by atoms with van der Waals surface area (Å²) in [6.07, 6.45) is 3.53. The minimum atomic E-state index is 0.722. The molecule has 2 heterocycles. The van der Waals surface area contributed by atoms with Gasteiger partial charge in [0.25, 0.3) is 0 Å². The first-order chi connectivity index (χ1) is 13.2. The molecule has 0 saturated carbocycles. The van der Waals surface area contributed by atoms with Crippen molar-refractivity contribution in [1.29, 1.82) is 0 Å². The molecule has 0 spiro atoms. The highest BCUT2D eigenvalue weighted by Gasteiger charge is 2.16. The van der Waals surface area contributed by atoms with E-state index in [2.05, 4.69) is 50.9 Å². The second-order valence-electron chi connectivity index (χ2n) is 6.09. The molecule has 0 radical (unpaired) electrons. The fraction of sp³-hybridized carbons (Fsp3) is 0.0952. The molecule has 0 aliphatic heterocycles. The van der Waals surface area contributed by atoms with Crippen LogP contribution in [-0.4, -0.2) is 19.7 Å². The Morgan fingerprint density at radius 1 is 0.926 bits per heavy atom. The van der Waals surface area contributed by atoms with Gasteiger partial charge in [0.05, 0.1) is 0 Å². The third-order valence-electron chi connectivity index (χ3n) is 4.18. The lowest BCUT2D eigenvalue weighted by Crippen LogP contribution is -2.00. The molecule has 0 unspecified atom stereocenters. The summed E-state index contributed by atoms with van der Waals surface area (Å²) in [5.41, 5.74) is 4.29. The predicted octanol–water partition coefficient (Wildman–Crippen LogP) is 5.58. The molecule has 0 aliphatic carbocycles. The number of rotatable bonds is 5. The Bertz CT molecular complexity index is 1050. The topological polar surface area (TPSA) is 43.6 Å². The van der Waals surface area contributed by atoms with E-state index in [0.29, 0.717) is 0 Å². The molecular formula is C21H17ClN4S. The smallest absolute Gasteiger partial charge is 0.196 e. The lowest BCUT2D eigenvalue weighted by molar-refractivity contribution is 0.885. The minimum absolute atomic E-state index is 0.722. The van der Waals surface area contributed by atoms with E-state index in [0.717, 1.165) is 38.6 Å². The lowest BCUT2D eigenvalue weighted by atomic mass is 10.2. The van der Waals surface area contributed by atoms with Crippen LogP contribution in [-0.2, 0) is 5.75 Å². The summed E-state index contributed by atoms with van der Waals surface area (Å²) in [5.74, 6) is 1.52. The number of thioether (sulfide) groups is 1. The maximum atomic E-state index is 6.30. The third-order valence-corrected chi connectivity index (χ3v) is 5.53. The van der Waals surface area contributed by atoms with Gasteiger partial charge in [0, 0.05) is 34.4 Å². The number of benzene rings is 2. The van der Waals surface area contributed by atoms with E-state index in [1.54, 1.807) is 24.2 Å². The van der Waals surface area contributed by atoms with Crippen LogP contribution in [0.5, 0.6) is 0 Å². The van der Waals surface area contributed by atoms with Crippen LogP contribution in [0.1, 0.15) is 11.1 Å². The van der Waals surface area contributed by atoms with Crippen molar-refractivity contribution in [3.63, 3.8) is 0 Å². The highest BCUT2D eigenvalue weighted by molar-refractivity contribution is 7.98. The summed E-state index contributed by atoms with van der Waals surface area (Å²) in [7, 11) is 0. The summed E-state index contributed by atoms with van der Waals surface area (Å²) in [6.45, 7) is 2.08. The van der Waals surface area contributed by atoms with Gasteiger partial charge in [-0.25, -0.2) is 0 Å². The summed E-state index contributed by atoms with van der Waals surface area (Å²) in [5, 5.41) is 10.5. The molecule has 27 heavy (non-hydrogen) atoms. The van der Waals surface area contributed by atoms with E-state index < -0.39 is 0 Å². The van der Waals surface area contributed by atoms with Crippen LogP contribution >= 0.6 is 23.4 Å². The molecule has 0 amide bonds. The fourth-order valence-corrected chi connectivity index (χ4v) is 3.97. The second-order valence-corrected chi connectivity index (χ2v) is 7.44. The molecule has 4 aromatic rings. The van der Waals surface area contributed by atoms with Gasteiger partial charge in [0.1, 0.15) is 0 Å². The van der Waals surface area contributed by atoms with Crippen LogP contribution in [0.2, 0.25) is 5.02 Å². The molecule has 0 saturated heterocycles. The molecule has 2 aromatic carbocycles. The van der Waals surface area contributed by atoms with Crippen LogP contribution in [0, 0.1) is 6.92 Å². The summed E-state index contributed by atoms with van der Waals surface area (Å²) < 4.78 is 2.08. The number of nitrogens with zero attached hydrogens (tertiary/aromatic N) is 4. The van der Waals surface area contributed by atoms with Crippen LogP contribution in [0.15, 0.2) is 78.2 Å². The maximum Gasteiger partial charge on any atom is 0.196 e. The van der Waals surface area contributed by atoms with Crippen LogP contribution < -0.4 is 0 Å². The van der Waals surface area contributed by atoms with Gasteiger partial charge in [-0.2, -0.15) is 0 Å². The number of hydrogen-bond donors (Lipinski definition) is 0. The van der Waals surface area contributed by atoms with Gasteiger partial charge < -0.3 is 0 Å². The molecule has 6 heteroatoms. The zero-order valence-electron chi connectivity index (χ0n) is 14.7. The Hall–Kier alpha value is -2.63. The van der Waals surface area contributed by atoms with Gasteiger partial charge >= 0.3 is 0 Å². The average molecular weight is 393 g/mol. The molecule has 0 fully saturated rings. The standard InChI is InChI=1S/C21H17ClN4S/c1-15-6-8-18(9-7-15)26-20(16-10-12-23-13-11-16)24-25-21(26)27-14-17-4-2-3-5-19(17)22/h2-13H,14H2,1H3. The Balaban J connectivity index is 1.74. The molecular weight excluding hydrogens is 376 g/mol. The molecule has 0 N–H and O–H groups in total. The van der Waals surface area contributed by atoms with Gasteiger partial charge in [-0.3, -0.25) is 9.55 Å². The van der Waals surface area contributed by atoms with Crippen molar-refractivity contribution in [3.8, 4) is 17.1 Å². The van der Waals surface area contributed by atoms with Gasteiger partial charge in [-0.05, 0) is 42.8 Å². The second kappa shape index (κ2) is 7.94. The van der Waals surface area contributed by atoms with Crippen molar-refractivity contribution >= 4 is 23.4 Å². The summed E-state index contributed by atoms with van der Waals surface area (Å²) >= 11 is 7.92. The van der Waals surface area contributed by atoms with E-state index in [4.69, 9.17) is 11.6 Å². The van der Waals surface area contributed by atoms with E-state index in [1.165, 1.54) is 5.56 Å². The van der Waals surface area contributed by atoms with Crippen molar-refractivity contribution in [2.45, 2.75) is 17.8 Å². The molecule has 0 atom stereocenters. The first-order valence-electron chi connectivity index (χ1n) is 8.51. The van der Waals surface area contributed by atoms with Crippen molar-refractivity contribution in [2.75, 3.05) is 0 Å². The molecule has 0 bridgehead atoms. The number of halogens is 1. The Morgan fingerprint density at radius 3 is 2.41 bits per heavy atom. The third kappa shape index (κ3) is 3.89. The van der Waals surface area contributed by atoms with Gasteiger partial charge in [0.15, 0.2) is 11.0 Å². The highest BCUT2D eigenvalue weighted by atomic mass is 35.5. The first-order valence-corrected chi connectivity index (χ1v) is 9.88. The number of hydrogen-bond acceptors (Lipinski definition) is 4. The highest BCUT2D eigenvalue weighted by Crippen LogP contribution is 2.31. The van der Waals surface area contributed by atoms with Crippen LogP contribution in [0.3, 0.4) is 0 Å². The Morgan fingerprint density at radius 2 is 1.67 bits per heavy atom. The van der Waals surface area contributed by atoms with Crippen molar-refractivity contribution < 1.29 is 0 Å². The minimum Gasteiger partial charge on any atom is -0.270 e. The molecule has 0 aliphatic rings. The van der Waals surface area contributed by atoms with Gasteiger partial charge in [-0.15, -0.1) is 10.2 Å². The van der Waals surface area contributed by atoms with Crippen molar-refractivity contribution in [1.82, 2.24) is 19.7 Å². The fourth-order valence-electron chi connectivity index (χ4n) is 2.74. The van der Waals surface area contributed by atoms with Crippen molar-refractivity contribution in [2.24, 2.45) is 0 Å². The zero-order valence-corrected chi connectivity index (χ0v) is 16.3. The normalized spacial score (nSPS) is 10.9. The van der Waals surface area contributed by atoms with Gasteiger partial charge in [-0.1, -0.05) is 59.3 Å². The van der Waals surface area contributed by atoms with E-state index in [1.807, 2.05) is 36.4 Å². The number of aromatic nitrogens is 4. The average Bonchev–Trinajstić information content (AvgIpc) is 3.12. The summed E-state index contributed by atoms with van der Waals surface area (Å²) in [4.78, 5) is 4.10. The summed E-state index contributed by atoms with van der Waals surface area (Å²) in [6, 6.07) is 20.1. The quantitative estimate of drug-likeness (QED) is 0.415. The Kier molecular flexibility index (Phi) is 5.23. The number of pyridine rings is 1. The molecule has 2 aromatic heterocycles. The zero-order chi connectivity index (χ0) is 18.6. The van der Waals surface area contributed by atoms with E-state index in [-0.39, 0.29) is 0 Å². The lowest BCUT2D eigenvalue weighted by Gasteiger charge is -2.11. The molecule has 4 rings (SSSR count). The SMILES string of the molecule is Cc1ccc(-n2c(SCc3ccccc3Cl)nnc2-c2ccncc2)cc1.